The molecule has 6 heteroatoms. The summed E-state index contributed by atoms with van der Waals surface area (Å²) in [5, 5.41) is 11.5. The quantitative estimate of drug-likeness (QED) is 0.665. The van der Waals surface area contributed by atoms with Gasteiger partial charge in [-0.3, -0.25) is 4.90 Å². The maximum atomic E-state index is 11.4. The number of fused-ring (bicyclic) bond motifs is 1. The number of hydrogen-bond donors (Lipinski definition) is 2. The third kappa shape index (κ3) is 2.76. The number of amides is 2. The van der Waals surface area contributed by atoms with Gasteiger partial charge in [-0.25, -0.2) is 9.59 Å². The Kier molecular flexibility index (Phi) is 3.33. The van der Waals surface area contributed by atoms with Crippen LogP contribution in [0.4, 0.5) is 4.79 Å². The van der Waals surface area contributed by atoms with E-state index in [0.717, 1.165) is 25.2 Å². The van der Waals surface area contributed by atoms with Gasteiger partial charge in [-0.2, -0.15) is 0 Å². The number of hydrogen-bond acceptors (Lipinski definition) is 3. The Labute approximate surface area is 99.9 Å². The number of nitrogens with one attached hydrogen (secondary N) is 1. The number of rotatable bonds is 3. The van der Waals surface area contributed by atoms with Crippen LogP contribution in [0.3, 0.4) is 0 Å². The number of urea groups is 1. The summed E-state index contributed by atoms with van der Waals surface area (Å²) in [6, 6.07) is 0.251. The molecule has 0 saturated carbocycles. The topological polar surface area (TPSA) is 72.9 Å². The average molecular weight is 239 g/mol. The molecule has 0 aromatic heterocycles. The van der Waals surface area contributed by atoms with Gasteiger partial charge in [0, 0.05) is 38.8 Å². The lowest BCUT2D eigenvalue weighted by molar-refractivity contribution is -0.131. The molecule has 1 unspecified atom stereocenters. The molecule has 1 atom stereocenters. The molecule has 2 amide bonds. The van der Waals surface area contributed by atoms with Crippen molar-refractivity contribution < 1.29 is 14.7 Å². The third-order valence-electron chi connectivity index (χ3n) is 3.16. The maximum absolute atomic E-state index is 11.4. The number of piperazine rings is 1. The van der Waals surface area contributed by atoms with E-state index in [-0.39, 0.29) is 12.1 Å². The van der Waals surface area contributed by atoms with E-state index in [2.05, 4.69) is 10.2 Å². The lowest BCUT2D eigenvalue weighted by Crippen LogP contribution is -2.52. The van der Waals surface area contributed by atoms with Crippen LogP contribution < -0.4 is 5.32 Å². The third-order valence-corrected chi connectivity index (χ3v) is 3.16. The monoisotopic (exact) mass is 239 g/mol. The van der Waals surface area contributed by atoms with Crippen molar-refractivity contribution in [2.24, 2.45) is 0 Å². The summed E-state index contributed by atoms with van der Waals surface area (Å²) in [5.74, 6) is -0.904. The summed E-state index contributed by atoms with van der Waals surface area (Å²) >= 11 is 0. The van der Waals surface area contributed by atoms with Crippen LogP contribution in [-0.4, -0.2) is 65.7 Å². The van der Waals surface area contributed by atoms with Crippen LogP contribution >= 0.6 is 0 Å². The van der Waals surface area contributed by atoms with E-state index >= 15 is 0 Å². The first kappa shape index (κ1) is 11.9. The molecule has 0 aliphatic carbocycles. The Morgan fingerprint density at radius 2 is 2.35 bits per heavy atom. The number of carbonyl (C=O) groups excluding carboxylic acids is 1. The van der Waals surface area contributed by atoms with Crippen molar-refractivity contribution in [3.63, 3.8) is 0 Å². The fourth-order valence-corrected chi connectivity index (χ4v) is 2.42. The molecule has 2 aliphatic heterocycles. The van der Waals surface area contributed by atoms with Gasteiger partial charge in [0.25, 0.3) is 0 Å². The molecule has 0 aromatic carbocycles. The van der Waals surface area contributed by atoms with Gasteiger partial charge in [-0.15, -0.1) is 0 Å². The second-order valence-corrected chi connectivity index (χ2v) is 4.60. The second kappa shape index (κ2) is 4.75. The highest BCUT2D eigenvalue weighted by atomic mass is 16.4. The van der Waals surface area contributed by atoms with Gasteiger partial charge < -0.3 is 15.3 Å². The minimum Gasteiger partial charge on any atom is -0.478 e. The summed E-state index contributed by atoms with van der Waals surface area (Å²) in [5.41, 5.74) is 0.836. The first-order valence-electron chi connectivity index (χ1n) is 5.73. The smallest absolute Gasteiger partial charge is 0.328 e. The van der Waals surface area contributed by atoms with Crippen LogP contribution in [0, 0.1) is 0 Å². The molecule has 2 rings (SSSR count). The molecule has 2 aliphatic rings. The fourth-order valence-electron chi connectivity index (χ4n) is 2.42. The lowest BCUT2D eigenvalue weighted by atomic mass is 10.1. The van der Waals surface area contributed by atoms with Gasteiger partial charge >= 0.3 is 12.0 Å². The number of nitrogens with zero attached hydrogens (tertiary/aromatic N) is 2. The largest absolute Gasteiger partial charge is 0.478 e. The van der Waals surface area contributed by atoms with Crippen LogP contribution in [0.5, 0.6) is 0 Å². The summed E-state index contributed by atoms with van der Waals surface area (Å²) < 4.78 is 0. The van der Waals surface area contributed by atoms with E-state index in [1.165, 1.54) is 6.08 Å². The molecule has 0 spiro atoms. The van der Waals surface area contributed by atoms with Crippen LogP contribution in [-0.2, 0) is 4.79 Å². The minimum atomic E-state index is -0.904. The molecular weight excluding hydrogens is 222 g/mol. The first-order valence-corrected chi connectivity index (χ1v) is 5.73. The Bertz CT molecular complexity index is 367. The van der Waals surface area contributed by atoms with Crippen molar-refractivity contribution in [1.29, 1.82) is 0 Å². The Hall–Kier alpha value is -1.56. The van der Waals surface area contributed by atoms with Gasteiger partial charge in [-0.05, 0) is 6.92 Å². The van der Waals surface area contributed by atoms with E-state index in [4.69, 9.17) is 5.11 Å². The van der Waals surface area contributed by atoms with Crippen molar-refractivity contribution in [1.82, 2.24) is 15.1 Å². The van der Waals surface area contributed by atoms with Crippen molar-refractivity contribution in [3.8, 4) is 0 Å². The summed E-state index contributed by atoms with van der Waals surface area (Å²) in [4.78, 5) is 26.0. The number of aliphatic carboxylic acids is 1. The molecule has 6 nitrogen and oxygen atoms in total. The zero-order chi connectivity index (χ0) is 12.4. The second-order valence-electron chi connectivity index (χ2n) is 4.60. The minimum absolute atomic E-state index is 0.0208. The van der Waals surface area contributed by atoms with Crippen LogP contribution in [0.2, 0.25) is 0 Å². The van der Waals surface area contributed by atoms with E-state index in [9.17, 15) is 9.59 Å². The molecule has 17 heavy (non-hydrogen) atoms. The Balaban J connectivity index is 1.89. The highest BCUT2D eigenvalue weighted by molar-refractivity contribution is 5.80. The lowest BCUT2D eigenvalue weighted by Gasteiger charge is -2.36. The standard InChI is InChI=1S/C11H17N3O3/c1-8(4-10(15)16)6-13-2-3-14-9(7-13)5-12-11(14)17/h4,9H,2-3,5-7H2,1H3,(H,12,17)(H,15,16). The molecular formula is C11H17N3O3. The van der Waals surface area contributed by atoms with Crippen LogP contribution in [0.15, 0.2) is 11.6 Å². The SMILES string of the molecule is CC(=CC(=O)O)CN1CCN2C(=O)NCC2C1. The predicted octanol–water partition coefficient (Wildman–Crippen LogP) is -0.273. The molecule has 2 heterocycles. The highest BCUT2D eigenvalue weighted by Crippen LogP contribution is 2.14. The number of carboxylic acid groups (broad SMARTS) is 1. The average Bonchev–Trinajstić information content (AvgIpc) is 2.58. The fraction of sp³-hybridized carbons (Fsp3) is 0.636. The van der Waals surface area contributed by atoms with Crippen molar-refractivity contribution in [3.05, 3.63) is 11.6 Å². The van der Waals surface area contributed by atoms with Gasteiger partial charge in [0.15, 0.2) is 0 Å². The molecule has 2 N–H and O–H groups in total. The maximum Gasteiger partial charge on any atom is 0.328 e. The highest BCUT2D eigenvalue weighted by Gasteiger charge is 2.35. The van der Waals surface area contributed by atoms with Crippen LogP contribution in [0.25, 0.3) is 0 Å². The molecule has 0 bridgehead atoms. The first-order chi connectivity index (χ1) is 8.06. The van der Waals surface area contributed by atoms with Gasteiger partial charge in [0.2, 0.25) is 0 Å². The van der Waals surface area contributed by atoms with Crippen molar-refractivity contribution in [2.75, 3.05) is 32.7 Å². The van der Waals surface area contributed by atoms with Gasteiger partial charge in [0.1, 0.15) is 0 Å². The number of carbonyl (C=O) groups is 2. The summed E-state index contributed by atoms with van der Waals surface area (Å²) in [7, 11) is 0. The van der Waals surface area contributed by atoms with Crippen molar-refractivity contribution in [2.45, 2.75) is 13.0 Å². The molecule has 94 valence electrons. The van der Waals surface area contributed by atoms with E-state index in [0.29, 0.717) is 13.1 Å². The normalized spacial score (nSPS) is 25.7. The van der Waals surface area contributed by atoms with E-state index in [1.54, 1.807) is 0 Å². The summed E-state index contributed by atoms with van der Waals surface area (Å²) in [6.45, 7) is 5.50. The molecule has 2 fully saturated rings. The molecule has 2 saturated heterocycles. The molecule has 0 radical (unpaired) electrons. The predicted molar refractivity (Wildman–Crippen MR) is 61.7 cm³/mol. The van der Waals surface area contributed by atoms with E-state index in [1.807, 2.05) is 11.8 Å². The van der Waals surface area contributed by atoms with Crippen molar-refractivity contribution >= 4 is 12.0 Å². The summed E-state index contributed by atoms with van der Waals surface area (Å²) in [6.07, 6.45) is 1.24. The van der Waals surface area contributed by atoms with E-state index < -0.39 is 5.97 Å². The Morgan fingerprint density at radius 1 is 1.59 bits per heavy atom. The zero-order valence-electron chi connectivity index (χ0n) is 9.85. The zero-order valence-corrected chi connectivity index (χ0v) is 9.85. The van der Waals surface area contributed by atoms with Gasteiger partial charge in [-0.1, -0.05) is 5.57 Å². The van der Waals surface area contributed by atoms with Gasteiger partial charge in [0.05, 0.1) is 6.04 Å². The number of carboxylic acids is 1. The molecule has 0 aromatic rings. The Morgan fingerprint density at radius 3 is 3.06 bits per heavy atom. The van der Waals surface area contributed by atoms with Crippen LogP contribution in [0.1, 0.15) is 6.92 Å².